The minimum atomic E-state index is 0. The molecule has 0 bridgehead atoms. The molecule has 3 heteroatoms. The van der Waals surface area contributed by atoms with E-state index >= 15 is 0 Å². The van der Waals surface area contributed by atoms with E-state index in [1.165, 1.54) is 0 Å². The molecule has 0 fully saturated rings. The number of rotatable bonds is 1. The van der Waals surface area contributed by atoms with E-state index in [-0.39, 0.29) is 12.4 Å². The summed E-state index contributed by atoms with van der Waals surface area (Å²) in [5.41, 5.74) is 8.41. The first kappa shape index (κ1) is 11.3. The molecule has 0 aliphatic rings. The molecule has 0 unspecified atom stereocenters. The molecule has 0 aromatic heterocycles. The normalized spacial score (nSPS) is 9.25. The van der Waals surface area contributed by atoms with Crippen LogP contribution in [0.4, 0.5) is 0 Å². The van der Waals surface area contributed by atoms with Crippen LogP contribution in [0.25, 0.3) is 0 Å². The van der Waals surface area contributed by atoms with Crippen molar-refractivity contribution >= 4 is 12.4 Å². The summed E-state index contributed by atoms with van der Waals surface area (Å²) in [6, 6.07) is 3.75. The Morgan fingerprint density at radius 1 is 1.33 bits per heavy atom. The Morgan fingerprint density at radius 3 is 2.33 bits per heavy atom. The predicted octanol–water partition coefficient (Wildman–Crippen LogP) is 1.89. The number of hydrogen-bond donors (Lipinski definition) is 2. The van der Waals surface area contributed by atoms with Gasteiger partial charge in [0.25, 0.3) is 0 Å². The van der Waals surface area contributed by atoms with E-state index in [1.54, 1.807) is 6.07 Å². The van der Waals surface area contributed by atoms with Crippen molar-refractivity contribution in [1.82, 2.24) is 0 Å². The zero-order chi connectivity index (χ0) is 8.43. The van der Waals surface area contributed by atoms with Gasteiger partial charge in [-0.1, -0.05) is 6.07 Å². The molecule has 12 heavy (non-hydrogen) atoms. The summed E-state index contributed by atoms with van der Waals surface area (Å²) in [7, 11) is 0. The standard InChI is InChI=1S/C9H13NO.ClH/c1-6-3-7(2)8(5-10)9(11)4-6;/h3-4,11H,5,10H2,1-2H3;1H. The Morgan fingerprint density at radius 2 is 1.92 bits per heavy atom. The summed E-state index contributed by atoms with van der Waals surface area (Å²) < 4.78 is 0. The van der Waals surface area contributed by atoms with Gasteiger partial charge in [-0.3, -0.25) is 0 Å². The van der Waals surface area contributed by atoms with Crippen LogP contribution < -0.4 is 5.73 Å². The first-order valence-electron chi connectivity index (χ1n) is 3.64. The molecule has 1 rings (SSSR count). The maximum absolute atomic E-state index is 9.39. The quantitative estimate of drug-likeness (QED) is 0.706. The summed E-state index contributed by atoms with van der Waals surface area (Å²) >= 11 is 0. The molecule has 0 saturated carbocycles. The van der Waals surface area contributed by atoms with Gasteiger partial charge in [-0.15, -0.1) is 12.4 Å². The minimum Gasteiger partial charge on any atom is -0.508 e. The smallest absolute Gasteiger partial charge is 0.120 e. The molecule has 68 valence electrons. The third kappa shape index (κ3) is 2.13. The number of phenols is 1. The summed E-state index contributed by atoms with van der Waals surface area (Å²) in [5, 5.41) is 9.39. The van der Waals surface area contributed by atoms with Gasteiger partial charge < -0.3 is 10.8 Å². The Kier molecular flexibility index (Phi) is 4.07. The van der Waals surface area contributed by atoms with Gasteiger partial charge in [0.2, 0.25) is 0 Å². The second-order valence-corrected chi connectivity index (χ2v) is 2.78. The Balaban J connectivity index is 0.00000121. The van der Waals surface area contributed by atoms with Crippen LogP contribution >= 0.6 is 12.4 Å². The fraction of sp³-hybridized carbons (Fsp3) is 0.333. The summed E-state index contributed by atoms with van der Waals surface area (Å²) in [6.07, 6.45) is 0. The summed E-state index contributed by atoms with van der Waals surface area (Å²) in [4.78, 5) is 0. The second kappa shape index (κ2) is 4.33. The molecule has 0 atom stereocenters. The molecule has 0 aliphatic carbocycles. The topological polar surface area (TPSA) is 46.2 Å². The van der Waals surface area contributed by atoms with E-state index in [2.05, 4.69) is 0 Å². The van der Waals surface area contributed by atoms with E-state index in [1.807, 2.05) is 19.9 Å². The van der Waals surface area contributed by atoms with Gasteiger partial charge in [0.15, 0.2) is 0 Å². The van der Waals surface area contributed by atoms with Gasteiger partial charge in [0, 0.05) is 12.1 Å². The van der Waals surface area contributed by atoms with Crippen molar-refractivity contribution < 1.29 is 5.11 Å². The number of phenolic OH excluding ortho intramolecular Hbond substituents is 1. The van der Waals surface area contributed by atoms with Gasteiger partial charge in [-0.2, -0.15) is 0 Å². The Hall–Kier alpha value is -0.730. The van der Waals surface area contributed by atoms with Gasteiger partial charge >= 0.3 is 0 Å². The SMILES string of the molecule is Cc1cc(C)c(CN)c(O)c1.Cl. The third-order valence-electron chi connectivity index (χ3n) is 1.80. The highest BCUT2D eigenvalue weighted by Crippen LogP contribution is 2.21. The van der Waals surface area contributed by atoms with E-state index in [4.69, 9.17) is 5.73 Å². The van der Waals surface area contributed by atoms with Crippen LogP contribution in [0.5, 0.6) is 5.75 Å². The first-order chi connectivity index (χ1) is 5.15. The molecular formula is C9H14ClNO. The summed E-state index contributed by atoms with van der Waals surface area (Å²) in [6.45, 7) is 4.31. The number of hydrogen-bond acceptors (Lipinski definition) is 2. The van der Waals surface area contributed by atoms with Crippen LogP contribution in [0, 0.1) is 13.8 Å². The van der Waals surface area contributed by atoms with Crippen molar-refractivity contribution in [2.45, 2.75) is 20.4 Å². The van der Waals surface area contributed by atoms with Crippen molar-refractivity contribution in [3.63, 3.8) is 0 Å². The lowest BCUT2D eigenvalue weighted by Crippen LogP contribution is -1.99. The van der Waals surface area contributed by atoms with Crippen LogP contribution in [0.1, 0.15) is 16.7 Å². The lowest BCUT2D eigenvalue weighted by Gasteiger charge is -2.06. The van der Waals surface area contributed by atoms with Crippen molar-refractivity contribution in [2.24, 2.45) is 5.73 Å². The van der Waals surface area contributed by atoms with Gasteiger partial charge in [-0.25, -0.2) is 0 Å². The second-order valence-electron chi connectivity index (χ2n) is 2.78. The van der Waals surface area contributed by atoms with E-state index in [0.29, 0.717) is 12.3 Å². The zero-order valence-corrected chi connectivity index (χ0v) is 8.11. The van der Waals surface area contributed by atoms with Crippen LogP contribution in [-0.2, 0) is 6.54 Å². The largest absolute Gasteiger partial charge is 0.508 e. The molecule has 0 aliphatic heterocycles. The third-order valence-corrected chi connectivity index (χ3v) is 1.80. The Bertz CT molecular complexity index is 250. The highest BCUT2D eigenvalue weighted by molar-refractivity contribution is 5.85. The Labute approximate surface area is 78.8 Å². The number of aromatic hydroxyl groups is 1. The molecule has 1 aromatic rings. The highest BCUT2D eigenvalue weighted by Gasteiger charge is 2.02. The molecule has 0 radical (unpaired) electrons. The molecule has 2 nitrogen and oxygen atoms in total. The van der Waals surface area contributed by atoms with E-state index in [0.717, 1.165) is 16.7 Å². The monoisotopic (exact) mass is 187 g/mol. The molecule has 3 N–H and O–H groups in total. The molecule has 0 saturated heterocycles. The van der Waals surface area contributed by atoms with E-state index < -0.39 is 0 Å². The van der Waals surface area contributed by atoms with Gasteiger partial charge in [0.05, 0.1) is 0 Å². The fourth-order valence-corrected chi connectivity index (χ4v) is 1.24. The van der Waals surface area contributed by atoms with Crippen molar-refractivity contribution in [3.05, 3.63) is 28.8 Å². The van der Waals surface area contributed by atoms with Crippen molar-refractivity contribution in [2.75, 3.05) is 0 Å². The number of halogens is 1. The van der Waals surface area contributed by atoms with Crippen LogP contribution in [0.15, 0.2) is 12.1 Å². The predicted molar refractivity (Wildman–Crippen MR) is 52.7 cm³/mol. The number of benzene rings is 1. The molecule has 1 aromatic carbocycles. The lowest BCUT2D eigenvalue weighted by molar-refractivity contribution is 0.467. The average molecular weight is 188 g/mol. The first-order valence-corrected chi connectivity index (χ1v) is 3.64. The molecule has 0 spiro atoms. The van der Waals surface area contributed by atoms with Gasteiger partial charge in [0.1, 0.15) is 5.75 Å². The van der Waals surface area contributed by atoms with Gasteiger partial charge in [-0.05, 0) is 31.0 Å². The van der Waals surface area contributed by atoms with Crippen molar-refractivity contribution in [3.8, 4) is 5.75 Å². The lowest BCUT2D eigenvalue weighted by atomic mass is 10.0. The van der Waals surface area contributed by atoms with Crippen molar-refractivity contribution in [1.29, 1.82) is 0 Å². The van der Waals surface area contributed by atoms with E-state index in [9.17, 15) is 5.11 Å². The van der Waals surface area contributed by atoms with Crippen LogP contribution in [0.3, 0.4) is 0 Å². The average Bonchev–Trinajstić information content (AvgIpc) is 1.85. The summed E-state index contributed by atoms with van der Waals surface area (Å²) in [5.74, 6) is 0.310. The molecule has 0 amide bonds. The molecular weight excluding hydrogens is 174 g/mol. The maximum atomic E-state index is 9.39. The van der Waals surface area contributed by atoms with Crippen LogP contribution in [-0.4, -0.2) is 5.11 Å². The number of aryl methyl sites for hydroxylation is 2. The minimum absolute atomic E-state index is 0. The van der Waals surface area contributed by atoms with Crippen LogP contribution in [0.2, 0.25) is 0 Å². The molecule has 0 heterocycles. The maximum Gasteiger partial charge on any atom is 0.120 e. The number of nitrogens with two attached hydrogens (primary N) is 1. The fourth-order valence-electron chi connectivity index (χ4n) is 1.24. The zero-order valence-electron chi connectivity index (χ0n) is 7.29. The highest BCUT2D eigenvalue weighted by atomic mass is 35.5.